The summed E-state index contributed by atoms with van der Waals surface area (Å²) in [5, 5.41) is 20.3. The predicted molar refractivity (Wildman–Crippen MR) is 75.4 cm³/mol. The second-order valence-corrected chi connectivity index (χ2v) is 4.70. The Kier molecular flexibility index (Phi) is 3.37. The van der Waals surface area contributed by atoms with Crippen molar-refractivity contribution in [3.8, 4) is 34.1 Å². The molecule has 0 aliphatic carbocycles. The lowest BCUT2D eigenvalue weighted by Gasteiger charge is -2.19. The average Bonchev–Trinajstić information content (AvgIpc) is 2.44. The second-order valence-electron chi connectivity index (χ2n) is 4.70. The average molecular weight is 272 g/mol. The number of aromatic hydroxyl groups is 2. The molecule has 0 spiro atoms. The maximum atomic E-state index is 10.2. The minimum absolute atomic E-state index is 0.0643. The zero-order valence-electron chi connectivity index (χ0n) is 11.0. The summed E-state index contributed by atoms with van der Waals surface area (Å²) in [5.74, 6) is 1.24. The summed E-state index contributed by atoms with van der Waals surface area (Å²) < 4.78 is 11.5. The molecule has 0 aromatic heterocycles. The van der Waals surface area contributed by atoms with E-state index in [4.69, 9.17) is 9.47 Å². The number of phenols is 2. The molecule has 4 nitrogen and oxygen atoms in total. The summed E-state index contributed by atoms with van der Waals surface area (Å²) in [5.41, 5.74) is 0.949. The molecule has 104 valence electrons. The van der Waals surface area contributed by atoms with E-state index in [9.17, 15) is 10.2 Å². The minimum atomic E-state index is 0.0643. The normalized spacial score (nSPS) is 14.4. The number of hydrogen-bond donors (Lipinski definition) is 2. The van der Waals surface area contributed by atoms with Gasteiger partial charge in [0.25, 0.3) is 0 Å². The third kappa shape index (κ3) is 2.25. The van der Waals surface area contributed by atoms with Crippen LogP contribution in [0.4, 0.5) is 0 Å². The van der Waals surface area contributed by atoms with Crippen LogP contribution in [0.1, 0.15) is 12.8 Å². The molecule has 0 saturated heterocycles. The highest BCUT2D eigenvalue weighted by Gasteiger charge is 2.20. The summed E-state index contributed by atoms with van der Waals surface area (Å²) in [6, 6.07) is 10.2. The molecule has 0 fully saturated rings. The van der Waals surface area contributed by atoms with Crippen LogP contribution in [0.3, 0.4) is 0 Å². The van der Waals surface area contributed by atoms with Crippen LogP contribution in [0.25, 0.3) is 11.1 Å². The van der Waals surface area contributed by atoms with Gasteiger partial charge >= 0.3 is 0 Å². The van der Waals surface area contributed by atoms with Crippen molar-refractivity contribution in [2.75, 3.05) is 13.2 Å². The first-order chi connectivity index (χ1) is 9.77. The Morgan fingerprint density at radius 3 is 1.60 bits per heavy atom. The SMILES string of the molecule is Oc1cccc2c1-c1c(O)cccc1OCCCCO2. The maximum absolute atomic E-state index is 10.2. The topological polar surface area (TPSA) is 58.9 Å². The van der Waals surface area contributed by atoms with Gasteiger partial charge in [0.1, 0.15) is 23.0 Å². The number of fused-ring (bicyclic) bond motifs is 3. The summed E-state index contributed by atoms with van der Waals surface area (Å²) in [7, 11) is 0. The van der Waals surface area contributed by atoms with Gasteiger partial charge in [-0.3, -0.25) is 0 Å². The van der Waals surface area contributed by atoms with Crippen LogP contribution >= 0.6 is 0 Å². The van der Waals surface area contributed by atoms with Crippen molar-refractivity contribution in [3.63, 3.8) is 0 Å². The Balaban J connectivity index is 2.24. The molecule has 0 bridgehead atoms. The van der Waals surface area contributed by atoms with Gasteiger partial charge in [-0.1, -0.05) is 12.1 Å². The van der Waals surface area contributed by atoms with Crippen molar-refractivity contribution in [2.24, 2.45) is 0 Å². The molecule has 20 heavy (non-hydrogen) atoms. The van der Waals surface area contributed by atoms with Gasteiger partial charge in [0.2, 0.25) is 0 Å². The highest BCUT2D eigenvalue weighted by atomic mass is 16.5. The molecule has 0 atom stereocenters. The number of rotatable bonds is 0. The maximum Gasteiger partial charge on any atom is 0.131 e. The summed E-state index contributed by atoms with van der Waals surface area (Å²) in [6.45, 7) is 1.12. The van der Waals surface area contributed by atoms with Crippen molar-refractivity contribution >= 4 is 0 Å². The summed E-state index contributed by atoms with van der Waals surface area (Å²) >= 11 is 0. The van der Waals surface area contributed by atoms with Crippen molar-refractivity contribution in [3.05, 3.63) is 36.4 Å². The first-order valence-corrected chi connectivity index (χ1v) is 6.67. The molecule has 2 aromatic carbocycles. The number of ether oxygens (including phenoxy) is 2. The molecular formula is C16H16O4. The number of phenolic OH excluding ortho intramolecular Hbond substituents is 2. The van der Waals surface area contributed by atoms with Crippen LogP contribution in [-0.2, 0) is 0 Å². The smallest absolute Gasteiger partial charge is 0.131 e. The molecule has 2 aromatic rings. The van der Waals surface area contributed by atoms with E-state index >= 15 is 0 Å². The molecule has 3 rings (SSSR count). The van der Waals surface area contributed by atoms with Crippen LogP contribution in [0.15, 0.2) is 36.4 Å². The van der Waals surface area contributed by atoms with Gasteiger partial charge in [0.05, 0.1) is 24.3 Å². The Hall–Kier alpha value is -2.36. The van der Waals surface area contributed by atoms with E-state index in [0.717, 1.165) is 12.8 Å². The first-order valence-electron chi connectivity index (χ1n) is 6.67. The summed E-state index contributed by atoms with van der Waals surface area (Å²) in [6.07, 6.45) is 1.76. The molecular weight excluding hydrogens is 256 g/mol. The van der Waals surface area contributed by atoms with Gasteiger partial charge in [-0.15, -0.1) is 0 Å². The van der Waals surface area contributed by atoms with E-state index in [1.165, 1.54) is 0 Å². The van der Waals surface area contributed by atoms with Crippen LogP contribution in [-0.4, -0.2) is 23.4 Å². The molecule has 4 heteroatoms. The van der Waals surface area contributed by atoms with Crippen molar-refractivity contribution in [1.82, 2.24) is 0 Å². The van der Waals surface area contributed by atoms with Crippen molar-refractivity contribution < 1.29 is 19.7 Å². The van der Waals surface area contributed by atoms with Crippen LogP contribution in [0, 0.1) is 0 Å². The van der Waals surface area contributed by atoms with Crippen molar-refractivity contribution in [1.29, 1.82) is 0 Å². The highest BCUT2D eigenvalue weighted by Crippen LogP contribution is 2.47. The largest absolute Gasteiger partial charge is 0.507 e. The van der Waals surface area contributed by atoms with Gasteiger partial charge < -0.3 is 19.7 Å². The third-order valence-electron chi connectivity index (χ3n) is 3.31. The molecule has 2 N–H and O–H groups in total. The minimum Gasteiger partial charge on any atom is -0.507 e. The van der Waals surface area contributed by atoms with Gasteiger partial charge in [-0.05, 0) is 37.1 Å². The monoisotopic (exact) mass is 272 g/mol. The highest BCUT2D eigenvalue weighted by molar-refractivity contribution is 5.85. The fraction of sp³-hybridized carbons (Fsp3) is 0.250. The van der Waals surface area contributed by atoms with Crippen LogP contribution in [0.5, 0.6) is 23.0 Å². The lowest BCUT2D eigenvalue weighted by Crippen LogP contribution is -2.06. The van der Waals surface area contributed by atoms with E-state index in [1.54, 1.807) is 36.4 Å². The van der Waals surface area contributed by atoms with Crippen LogP contribution in [0.2, 0.25) is 0 Å². The molecule has 0 radical (unpaired) electrons. The Bertz CT molecular complexity index is 566. The Morgan fingerprint density at radius 1 is 0.700 bits per heavy atom. The zero-order valence-corrected chi connectivity index (χ0v) is 11.0. The molecule has 1 aliphatic rings. The van der Waals surface area contributed by atoms with E-state index in [0.29, 0.717) is 35.8 Å². The fourth-order valence-corrected chi connectivity index (χ4v) is 2.35. The molecule has 0 saturated carbocycles. The van der Waals surface area contributed by atoms with Gasteiger partial charge in [0, 0.05) is 0 Å². The quantitative estimate of drug-likeness (QED) is 0.772. The second kappa shape index (κ2) is 5.33. The van der Waals surface area contributed by atoms with E-state index in [-0.39, 0.29) is 11.5 Å². The van der Waals surface area contributed by atoms with Crippen molar-refractivity contribution in [2.45, 2.75) is 12.8 Å². The lowest BCUT2D eigenvalue weighted by atomic mass is 10.0. The first kappa shape index (κ1) is 12.7. The van der Waals surface area contributed by atoms with Gasteiger partial charge in [-0.2, -0.15) is 0 Å². The Morgan fingerprint density at radius 2 is 1.15 bits per heavy atom. The van der Waals surface area contributed by atoms with E-state index in [1.807, 2.05) is 0 Å². The number of hydrogen-bond acceptors (Lipinski definition) is 4. The van der Waals surface area contributed by atoms with Gasteiger partial charge in [0.15, 0.2) is 0 Å². The van der Waals surface area contributed by atoms with Gasteiger partial charge in [-0.25, -0.2) is 0 Å². The molecule has 1 heterocycles. The van der Waals surface area contributed by atoms with E-state index in [2.05, 4.69) is 0 Å². The zero-order chi connectivity index (χ0) is 13.9. The standard InChI is InChI=1S/C16H16O4/c17-11-5-3-7-13-15(11)16-12(18)6-4-8-14(16)20-10-2-1-9-19-13/h3-8,17-18H,1-2,9-10H2. The molecule has 1 aliphatic heterocycles. The lowest BCUT2D eigenvalue weighted by molar-refractivity contribution is 0.262. The molecule has 0 unspecified atom stereocenters. The number of benzene rings is 2. The third-order valence-corrected chi connectivity index (χ3v) is 3.31. The Labute approximate surface area is 117 Å². The fourth-order valence-electron chi connectivity index (χ4n) is 2.35. The van der Waals surface area contributed by atoms with Crippen LogP contribution < -0.4 is 9.47 Å². The predicted octanol–water partition coefficient (Wildman–Crippen LogP) is 3.32. The van der Waals surface area contributed by atoms with E-state index < -0.39 is 0 Å². The molecule has 0 amide bonds. The summed E-state index contributed by atoms with van der Waals surface area (Å²) in [4.78, 5) is 0.